The molecule has 25 heavy (non-hydrogen) atoms. The minimum atomic E-state index is -0.264. The van der Waals surface area contributed by atoms with Crippen LogP contribution in [0, 0.1) is 5.41 Å². The highest BCUT2D eigenvalue weighted by Gasteiger charge is 2.08. The number of amidine groups is 1. The van der Waals surface area contributed by atoms with Gasteiger partial charge in [-0.3, -0.25) is 15.0 Å². The summed E-state index contributed by atoms with van der Waals surface area (Å²) < 4.78 is 4.56. The molecule has 0 saturated heterocycles. The molecule has 2 aromatic carbocycles. The lowest BCUT2D eigenvalue weighted by atomic mass is 10.0. The highest BCUT2D eigenvalue weighted by molar-refractivity contribution is 8.00. The monoisotopic (exact) mass is 356 g/mol. The number of ketones is 1. The Morgan fingerprint density at radius 1 is 1.00 bits per heavy atom. The Morgan fingerprint density at radius 3 is 2.00 bits per heavy atom. The van der Waals surface area contributed by atoms with E-state index in [0.29, 0.717) is 29.1 Å². The van der Waals surface area contributed by atoms with Crippen molar-refractivity contribution in [1.82, 2.24) is 0 Å². The van der Waals surface area contributed by atoms with E-state index in [1.54, 1.807) is 24.3 Å². The Bertz CT molecular complexity index is 755. The lowest BCUT2D eigenvalue weighted by Crippen LogP contribution is -2.10. The summed E-state index contributed by atoms with van der Waals surface area (Å²) in [6.45, 7) is 0. The second kappa shape index (κ2) is 9.03. The molecule has 0 atom stereocenters. The minimum absolute atomic E-state index is 0.0355. The van der Waals surface area contributed by atoms with E-state index in [1.807, 2.05) is 24.3 Å². The van der Waals surface area contributed by atoms with Crippen LogP contribution in [0.25, 0.3) is 11.1 Å². The minimum Gasteiger partial charge on any atom is -0.469 e. The number of esters is 1. The van der Waals surface area contributed by atoms with E-state index >= 15 is 0 Å². The molecule has 0 aliphatic carbocycles. The number of ether oxygens (including phenoxy) is 1. The maximum atomic E-state index is 12.2. The molecule has 0 unspecified atom stereocenters. The van der Waals surface area contributed by atoms with E-state index in [9.17, 15) is 9.59 Å². The third-order valence-electron chi connectivity index (χ3n) is 3.65. The number of nitrogens with two attached hydrogens (primary N) is 1. The van der Waals surface area contributed by atoms with Crippen molar-refractivity contribution < 1.29 is 14.3 Å². The SMILES string of the molecule is COC(=O)CCSCC(=O)c1ccc(-c2ccc(C(=N)N)cc2)cc1. The number of Topliss-reactive ketones (excluding diaryl/α,β-unsaturated/α-hetero) is 1. The second-order valence-electron chi connectivity index (χ2n) is 5.37. The number of thioether (sulfide) groups is 1. The van der Waals surface area contributed by atoms with Gasteiger partial charge in [-0.25, -0.2) is 0 Å². The Balaban J connectivity index is 1.93. The van der Waals surface area contributed by atoms with Crippen molar-refractivity contribution >= 4 is 29.4 Å². The van der Waals surface area contributed by atoms with E-state index in [1.165, 1.54) is 18.9 Å². The van der Waals surface area contributed by atoms with Crippen LogP contribution in [0.15, 0.2) is 48.5 Å². The van der Waals surface area contributed by atoms with Crippen molar-refractivity contribution in [2.45, 2.75) is 6.42 Å². The van der Waals surface area contributed by atoms with Gasteiger partial charge < -0.3 is 10.5 Å². The van der Waals surface area contributed by atoms with Crippen molar-refractivity contribution in [2.75, 3.05) is 18.6 Å². The van der Waals surface area contributed by atoms with E-state index < -0.39 is 0 Å². The van der Waals surface area contributed by atoms with E-state index in [-0.39, 0.29) is 17.6 Å². The zero-order valence-electron chi connectivity index (χ0n) is 14.0. The zero-order chi connectivity index (χ0) is 18.2. The molecule has 6 heteroatoms. The smallest absolute Gasteiger partial charge is 0.306 e. The van der Waals surface area contributed by atoms with Gasteiger partial charge in [0.1, 0.15) is 5.84 Å². The van der Waals surface area contributed by atoms with E-state index in [4.69, 9.17) is 11.1 Å². The van der Waals surface area contributed by atoms with Crippen LogP contribution in [0.4, 0.5) is 0 Å². The van der Waals surface area contributed by atoms with Crippen LogP contribution in [0.1, 0.15) is 22.3 Å². The summed E-state index contributed by atoms with van der Waals surface area (Å²) in [6, 6.07) is 14.8. The van der Waals surface area contributed by atoms with Crippen LogP contribution in [-0.4, -0.2) is 36.2 Å². The predicted octanol–water partition coefficient (Wildman–Crippen LogP) is 3.12. The molecule has 3 N–H and O–H groups in total. The standard InChI is InChI=1S/C19H20N2O3S/c1-24-18(23)10-11-25-12-17(22)15-6-2-13(3-7-15)14-4-8-16(9-5-14)19(20)21/h2-9H,10-12H2,1H3,(H3,20,21). The fraction of sp³-hybridized carbons (Fsp3) is 0.211. The zero-order valence-corrected chi connectivity index (χ0v) is 14.8. The van der Waals surface area contributed by atoms with Crippen LogP contribution in [0.5, 0.6) is 0 Å². The van der Waals surface area contributed by atoms with Crippen LogP contribution in [-0.2, 0) is 9.53 Å². The Kier molecular flexibility index (Phi) is 6.77. The first-order valence-electron chi connectivity index (χ1n) is 7.74. The van der Waals surface area contributed by atoms with Gasteiger partial charge in [0.25, 0.3) is 0 Å². The quantitative estimate of drug-likeness (QED) is 0.249. The number of hydrogen-bond donors (Lipinski definition) is 2. The average Bonchev–Trinajstić information content (AvgIpc) is 2.65. The summed E-state index contributed by atoms with van der Waals surface area (Å²) in [7, 11) is 1.35. The largest absolute Gasteiger partial charge is 0.469 e. The molecule has 0 amide bonds. The van der Waals surface area contributed by atoms with Crippen molar-refractivity contribution in [3.63, 3.8) is 0 Å². The summed E-state index contributed by atoms with van der Waals surface area (Å²) >= 11 is 1.42. The van der Waals surface area contributed by atoms with Crippen LogP contribution in [0.2, 0.25) is 0 Å². The number of hydrogen-bond acceptors (Lipinski definition) is 5. The lowest BCUT2D eigenvalue weighted by molar-refractivity contribution is -0.140. The third kappa shape index (κ3) is 5.46. The molecule has 5 nitrogen and oxygen atoms in total. The maximum Gasteiger partial charge on any atom is 0.306 e. The maximum absolute atomic E-state index is 12.2. The molecule has 0 heterocycles. The molecule has 0 saturated carbocycles. The predicted molar refractivity (Wildman–Crippen MR) is 101 cm³/mol. The first-order chi connectivity index (χ1) is 12.0. The van der Waals surface area contributed by atoms with E-state index in [2.05, 4.69) is 4.74 Å². The van der Waals surface area contributed by atoms with Crippen molar-refractivity contribution in [3.8, 4) is 11.1 Å². The number of carbonyl (C=O) groups is 2. The molecule has 2 aromatic rings. The Morgan fingerprint density at radius 2 is 1.52 bits per heavy atom. The normalized spacial score (nSPS) is 10.3. The van der Waals surface area contributed by atoms with Gasteiger partial charge in [0, 0.05) is 16.9 Å². The molecule has 0 spiro atoms. The second-order valence-corrected chi connectivity index (χ2v) is 6.48. The van der Waals surface area contributed by atoms with Crippen LogP contribution in [0.3, 0.4) is 0 Å². The fourth-order valence-electron chi connectivity index (χ4n) is 2.20. The van der Waals surface area contributed by atoms with Gasteiger partial charge in [-0.1, -0.05) is 48.5 Å². The highest BCUT2D eigenvalue weighted by Crippen LogP contribution is 2.21. The molecular formula is C19H20N2O3S. The van der Waals surface area contributed by atoms with Gasteiger partial charge in [0.15, 0.2) is 5.78 Å². The Hall–Kier alpha value is -2.60. The number of rotatable bonds is 8. The van der Waals surface area contributed by atoms with Gasteiger partial charge in [-0.2, -0.15) is 11.8 Å². The molecular weight excluding hydrogens is 336 g/mol. The molecule has 0 bridgehead atoms. The summed E-state index contributed by atoms with van der Waals surface area (Å²) in [5.41, 5.74) is 8.76. The number of benzene rings is 2. The summed E-state index contributed by atoms with van der Waals surface area (Å²) in [4.78, 5) is 23.2. The lowest BCUT2D eigenvalue weighted by Gasteiger charge is -2.06. The molecule has 0 aromatic heterocycles. The fourth-order valence-corrected chi connectivity index (χ4v) is 3.00. The van der Waals surface area contributed by atoms with Gasteiger partial charge in [0.2, 0.25) is 0 Å². The van der Waals surface area contributed by atoms with E-state index in [0.717, 1.165) is 11.1 Å². The molecule has 0 fully saturated rings. The summed E-state index contributed by atoms with van der Waals surface area (Å²) in [6.07, 6.45) is 0.309. The molecule has 2 rings (SSSR count). The number of carbonyl (C=O) groups excluding carboxylic acids is 2. The summed E-state index contributed by atoms with van der Waals surface area (Å²) in [5, 5.41) is 7.40. The number of methoxy groups -OCH3 is 1. The average molecular weight is 356 g/mol. The third-order valence-corrected chi connectivity index (χ3v) is 4.61. The molecule has 130 valence electrons. The van der Waals surface area contributed by atoms with Crippen molar-refractivity contribution in [1.29, 1.82) is 5.41 Å². The van der Waals surface area contributed by atoms with Gasteiger partial charge in [0.05, 0.1) is 19.3 Å². The topological polar surface area (TPSA) is 93.2 Å². The summed E-state index contributed by atoms with van der Waals surface area (Å²) in [5.74, 6) is 0.716. The number of nitrogens with one attached hydrogen (secondary N) is 1. The van der Waals surface area contributed by atoms with Crippen LogP contribution < -0.4 is 5.73 Å². The first kappa shape index (κ1) is 18.7. The van der Waals surface area contributed by atoms with Crippen molar-refractivity contribution in [2.24, 2.45) is 5.73 Å². The first-order valence-corrected chi connectivity index (χ1v) is 8.89. The van der Waals surface area contributed by atoms with Gasteiger partial charge in [-0.15, -0.1) is 0 Å². The van der Waals surface area contributed by atoms with Crippen LogP contribution >= 0.6 is 11.8 Å². The van der Waals surface area contributed by atoms with Gasteiger partial charge in [-0.05, 0) is 11.1 Å². The molecule has 0 aliphatic heterocycles. The molecule has 0 aliphatic rings. The Labute approximate surface area is 151 Å². The highest BCUT2D eigenvalue weighted by atomic mass is 32.2. The molecule has 0 radical (unpaired) electrons. The number of nitrogen functional groups attached to an aromatic ring is 1. The van der Waals surface area contributed by atoms with Gasteiger partial charge >= 0.3 is 5.97 Å². The van der Waals surface area contributed by atoms with Crippen molar-refractivity contribution in [3.05, 3.63) is 59.7 Å².